The summed E-state index contributed by atoms with van der Waals surface area (Å²) in [6, 6.07) is 4.68. The Morgan fingerprint density at radius 2 is 2.06 bits per heavy atom. The first-order valence-corrected chi connectivity index (χ1v) is 5.41. The van der Waals surface area contributed by atoms with E-state index in [1.807, 2.05) is 6.92 Å². The molecular weight excluding hydrogens is 228 g/mol. The van der Waals surface area contributed by atoms with Gasteiger partial charge in [0.1, 0.15) is 5.75 Å². The number of ether oxygens (including phenoxy) is 1. The van der Waals surface area contributed by atoms with E-state index < -0.39 is 5.24 Å². The quantitative estimate of drug-likeness (QED) is 0.587. The molecule has 0 aliphatic heterocycles. The SMILES string of the molecule is CCCOc1ccc(C(C)=O)cc1C(=O)Cl. The highest BCUT2D eigenvalue weighted by atomic mass is 35.5. The fourth-order valence-electron chi connectivity index (χ4n) is 1.24. The Kier molecular flexibility index (Phi) is 4.50. The summed E-state index contributed by atoms with van der Waals surface area (Å²) < 4.78 is 5.37. The second-order valence-corrected chi connectivity index (χ2v) is 3.73. The van der Waals surface area contributed by atoms with Gasteiger partial charge in [-0.1, -0.05) is 6.92 Å². The lowest BCUT2D eigenvalue weighted by Crippen LogP contribution is -2.03. The van der Waals surface area contributed by atoms with E-state index >= 15 is 0 Å². The van der Waals surface area contributed by atoms with E-state index in [0.717, 1.165) is 6.42 Å². The van der Waals surface area contributed by atoms with Gasteiger partial charge in [0.25, 0.3) is 5.24 Å². The molecule has 0 bridgehead atoms. The molecule has 16 heavy (non-hydrogen) atoms. The average molecular weight is 241 g/mol. The van der Waals surface area contributed by atoms with Crippen LogP contribution in [0.15, 0.2) is 18.2 Å². The van der Waals surface area contributed by atoms with E-state index in [4.69, 9.17) is 16.3 Å². The smallest absolute Gasteiger partial charge is 0.256 e. The predicted octanol–water partition coefficient (Wildman–Crippen LogP) is 3.06. The summed E-state index contributed by atoms with van der Waals surface area (Å²) in [7, 11) is 0. The van der Waals surface area contributed by atoms with Crippen molar-refractivity contribution < 1.29 is 14.3 Å². The van der Waals surface area contributed by atoms with E-state index in [1.54, 1.807) is 12.1 Å². The van der Waals surface area contributed by atoms with Crippen molar-refractivity contribution in [3.63, 3.8) is 0 Å². The van der Waals surface area contributed by atoms with Gasteiger partial charge in [0, 0.05) is 5.56 Å². The van der Waals surface area contributed by atoms with E-state index in [9.17, 15) is 9.59 Å². The molecule has 0 spiro atoms. The minimum absolute atomic E-state index is 0.110. The number of carbonyl (C=O) groups is 2. The third-order valence-corrected chi connectivity index (χ3v) is 2.26. The lowest BCUT2D eigenvalue weighted by Gasteiger charge is -2.09. The minimum Gasteiger partial charge on any atom is -0.493 e. The Morgan fingerprint density at radius 1 is 1.38 bits per heavy atom. The highest BCUT2D eigenvalue weighted by Gasteiger charge is 2.12. The Morgan fingerprint density at radius 3 is 2.56 bits per heavy atom. The predicted molar refractivity (Wildman–Crippen MR) is 62.4 cm³/mol. The number of benzene rings is 1. The van der Waals surface area contributed by atoms with Crippen molar-refractivity contribution in [3.05, 3.63) is 29.3 Å². The van der Waals surface area contributed by atoms with Gasteiger partial charge in [0.05, 0.1) is 12.2 Å². The maximum atomic E-state index is 11.2. The number of Topliss-reactive ketones (excluding diaryl/α,β-unsaturated/α-hetero) is 1. The summed E-state index contributed by atoms with van der Waals surface area (Å²) in [5.74, 6) is 0.313. The maximum Gasteiger partial charge on any atom is 0.256 e. The van der Waals surface area contributed by atoms with Gasteiger partial charge >= 0.3 is 0 Å². The second kappa shape index (κ2) is 5.66. The van der Waals surface area contributed by atoms with Crippen LogP contribution in [0.2, 0.25) is 0 Å². The van der Waals surface area contributed by atoms with Crippen LogP contribution in [0.4, 0.5) is 0 Å². The van der Waals surface area contributed by atoms with Crippen LogP contribution >= 0.6 is 11.6 Å². The molecule has 4 heteroatoms. The lowest BCUT2D eigenvalue weighted by molar-refractivity contribution is 0.101. The highest BCUT2D eigenvalue weighted by molar-refractivity contribution is 6.68. The van der Waals surface area contributed by atoms with Crippen LogP contribution in [0.1, 0.15) is 41.0 Å². The molecule has 0 amide bonds. The molecule has 0 aliphatic carbocycles. The molecule has 0 radical (unpaired) electrons. The zero-order valence-corrected chi connectivity index (χ0v) is 10.0. The van der Waals surface area contributed by atoms with Gasteiger partial charge in [-0.2, -0.15) is 0 Å². The van der Waals surface area contributed by atoms with Gasteiger partial charge in [-0.25, -0.2) is 0 Å². The van der Waals surface area contributed by atoms with Gasteiger partial charge in [-0.3, -0.25) is 9.59 Å². The van der Waals surface area contributed by atoms with Gasteiger partial charge in [-0.15, -0.1) is 0 Å². The number of halogens is 1. The summed E-state index contributed by atoms with van der Waals surface area (Å²) in [6.45, 7) is 3.91. The normalized spacial score (nSPS) is 9.94. The van der Waals surface area contributed by atoms with Crippen molar-refractivity contribution in [2.75, 3.05) is 6.61 Å². The fraction of sp³-hybridized carbons (Fsp3) is 0.333. The summed E-state index contributed by atoms with van der Waals surface area (Å²) in [5.41, 5.74) is 0.690. The molecule has 0 heterocycles. The van der Waals surface area contributed by atoms with Crippen LogP contribution in [0.25, 0.3) is 0 Å². The zero-order valence-electron chi connectivity index (χ0n) is 9.25. The van der Waals surface area contributed by atoms with Crippen LogP contribution < -0.4 is 4.74 Å². The fourth-order valence-corrected chi connectivity index (χ4v) is 1.39. The molecule has 0 unspecified atom stereocenters. The summed E-state index contributed by atoms with van der Waals surface area (Å²) in [5, 5.41) is -0.616. The summed E-state index contributed by atoms with van der Waals surface area (Å²) >= 11 is 5.43. The number of rotatable bonds is 5. The number of carbonyl (C=O) groups excluding carboxylic acids is 2. The van der Waals surface area contributed by atoms with E-state index in [0.29, 0.717) is 17.9 Å². The van der Waals surface area contributed by atoms with Crippen molar-refractivity contribution in [1.82, 2.24) is 0 Å². The summed E-state index contributed by atoms with van der Waals surface area (Å²) in [6.07, 6.45) is 0.838. The van der Waals surface area contributed by atoms with Gasteiger partial charge < -0.3 is 4.74 Å². The Labute approximate surface area is 99.4 Å². The molecule has 0 saturated carbocycles. The number of ketones is 1. The van der Waals surface area contributed by atoms with Gasteiger partial charge in [0.2, 0.25) is 0 Å². The Bertz CT molecular complexity index is 413. The van der Waals surface area contributed by atoms with E-state index in [1.165, 1.54) is 13.0 Å². The molecular formula is C12H13ClO3. The first-order valence-electron chi connectivity index (χ1n) is 5.04. The topological polar surface area (TPSA) is 43.4 Å². The molecule has 0 N–H and O–H groups in total. The first-order chi connectivity index (χ1) is 7.56. The van der Waals surface area contributed by atoms with Crippen LogP contribution in [-0.4, -0.2) is 17.6 Å². The molecule has 1 rings (SSSR count). The van der Waals surface area contributed by atoms with Crippen molar-refractivity contribution in [2.24, 2.45) is 0 Å². The van der Waals surface area contributed by atoms with Crippen molar-refractivity contribution in [1.29, 1.82) is 0 Å². The Hall–Kier alpha value is -1.35. The molecule has 0 fully saturated rings. The highest BCUT2D eigenvalue weighted by Crippen LogP contribution is 2.22. The molecule has 0 aromatic heterocycles. The molecule has 86 valence electrons. The van der Waals surface area contributed by atoms with Crippen molar-refractivity contribution in [3.8, 4) is 5.75 Å². The van der Waals surface area contributed by atoms with E-state index in [-0.39, 0.29) is 11.3 Å². The van der Waals surface area contributed by atoms with Crippen molar-refractivity contribution in [2.45, 2.75) is 20.3 Å². The average Bonchev–Trinajstić information content (AvgIpc) is 2.25. The molecule has 0 aliphatic rings. The molecule has 3 nitrogen and oxygen atoms in total. The minimum atomic E-state index is -0.616. The summed E-state index contributed by atoms with van der Waals surface area (Å²) in [4.78, 5) is 22.3. The molecule has 1 aromatic carbocycles. The zero-order chi connectivity index (χ0) is 12.1. The number of hydrogen-bond donors (Lipinski definition) is 0. The van der Waals surface area contributed by atoms with Crippen LogP contribution in [0.5, 0.6) is 5.75 Å². The number of hydrogen-bond acceptors (Lipinski definition) is 3. The Balaban J connectivity index is 3.09. The molecule has 0 saturated heterocycles. The third-order valence-electron chi connectivity index (χ3n) is 2.06. The standard InChI is InChI=1S/C12H13ClO3/c1-3-6-16-11-5-4-9(8(2)14)7-10(11)12(13)15/h4-5,7H,3,6H2,1-2H3. The second-order valence-electron chi connectivity index (χ2n) is 3.39. The largest absolute Gasteiger partial charge is 0.493 e. The molecule has 0 atom stereocenters. The van der Waals surface area contributed by atoms with Crippen LogP contribution in [0, 0.1) is 0 Å². The third kappa shape index (κ3) is 3.07. The first kappa shape index (κ1) is 12.7. The van der Waals surface area contributed by atoms with E-state index in [2.05, 4.69) is 0 Å². The van der Waals surface area contributed by atoms with Gasteiger partial charge in [0.15, 0.2) is 5.78 Å². The lowest BCUT2D eigenvalue weighted by atomic mass is 10.1. The van der Waals surface area contributed by atoms with Crippen LogP contribution in [-0.2, 0) is 0 Å². The maximum absolute atomic E-state index is 11.2. The monoisotopic (exact) mass is 240 g/mol. The molecule has 1 aromatic rings. The van der Waals surface area contributed by atoms with Crippen LogP contribution in [0.3, 0.4) is 0 Å². The van der Waals surface area contributed by atoms with Gasteiger partial charge in [-0.05, 0) is 43.1 Å². The van der Waals surface area contributed by atoms with Crippen molar-refractivity contribution >= 4 is 22.6 Å².